The number of nitrogens with zero attached hydrogens (tertiary/aromatic N) is 2. The van der Waals surface area contributed by atoms with Crippen molar-refractivity contribution in [3.63, 3.8) is 0 Å². The summed E-state index contributed by atoms with van der Waals surface area (Å²) in [6.45, 7) is 4.01. The Morgan fingerprint density at radius 3 is 2.81 bits per heavy atom. The minimum atomic E-state index is 0.522. The highest BCUT2D eigenvalue weighted by atomic mass is 16.4. The Labute approximate surface area is 96.8 Å². The molecule has 0 aliphatic heterocycles. The number of likely N-dealkylation sites (N-methyl/N-ethyl adjacent to an activating group) is 1. The van der Waals surface area contributed by atoms with Gasteiger partial charge in [-0.3, -0.25) is 0 Å². The van der Waals surface area contributed by atoms with E-state index in [-0.39, 0.29) is 0 Å². The standard InChI is InChI=1S/C12H21N3O/c1-2-13-9-8-11-14-15-12(16-11)10-6-4-3-5-7-10/h10,13H,2-9H2,1H3. The molecule has 0 radical (unpaired) electrons. The van der Waals surface area contributed by atoms with E-state index in [1.807, 2.05) is 0 Å². The van der Waals surface area contributed by atoms with Crippen molar-refractivity contribution in [3.8, 4) is 0 Å². The molecule has 1 aromatic rings. The molecule has 0 atom stereocenters. The van der Waals surface area contributed by atoms with Gasteiger partial charge in [0.05, 0.1) is 0 Å². The van der Waals surface area contributed by atoms with E-state index in [2.05, 4.69) is 22.4 Å². The maximum absolute atomic E-state index is 5.71. The minimum Gasteiger partial charge on any atom is -0.425 e. The van der Waals surface area contributed by atoms with Gasteiger partial charge in [-0.1, -0.05) is 26.2 Å². The normalized spacial score (nSPS) is 17.8. The van der Waals surface area contributed by atoms with Crippen molar-refractivity contribution in [2.24, 2.45) is 0 Å². The Kier molecular flexibility index (Phi) is 4.34. The van der Waals surface area contributed by atoms with Crippen molar-refractivity contribution in [3.05, 3.63) is 11.8 Å². The zero-order valence-electron chi connectivity index (χ0n) is 10.0. The first kappa shape index (κ1) is 11.6. The predicted molar refractivity (Wildman–Crippen MR) is 62.4 cm³/mol. The molecule has 2 rings (SSSR count). The number of rotatable bonds is 5. The summed E-state index contributed by atoms with van der Waals surface area (Å²) in [6.07, 6.45) is 7.24. The highest BCUT2D eigenvalue weighted by Crippen LogP contribution is 2.31. The molecule has 1 aromatic heterocycles. The third kappa shape index (κ3) is 3.04. The van der Waals surface area contributed by atoms with Crippen LogP contribution in [0.25, 0.3) is 0 Å². The van der Waals surface area contributed by atoms with Gasteiger partial charge in [0.25, 0.3) is 0 Å². The van der Waals surface area contributed by atoms with Crippen LogP contribution in [0.1, 0.15) is 56.7 Å². The van der Waals surface area contributed by atoms with E-state index in [1.165, 1.54) is 32.1 Å². The fourth-order valence-corrected chi connectivity index (χ4v) is 2.25. The van der Waals surface area contributed by atoms with E-state index >= 15 is 0 Å². The topological polar surface area (TPSA) is 51.0 Å². The van der Waals surface area contributed by atoms with Crippen LogP contribution in [0.3, 0.4) is 0 Å². The highest BCUT2D eigenvalue weighted by molar-refractivity contribution is 4.93. The van der Waals surface area contributed by atoms with Crippen LogP contribution >= 0.6 is 0 Å². The van der Waals surface area contributed by atoms with Crippen molar-refractivity contribution in [1.82, 2.24) is 15.5 Å². The number of hydrogen-bond acceptors (Lipinski definition) is 4. The molecule has 0 saturated heterocycles. The molecule has 0 spiro atoms. The van der Waals surface area contributed by atoms with Gasteiger partial charge in [0.2, 0.25) is 11.8 Å². The summed E-state index contributed by atoms with van der Waals surface area (Å²) in [7, 11) is 0. The molecule has 4 nitrogen and oxygen atoms in total. The first-order valence-corrected chi connectivity index (χ1v) is 6.43. The molecule has 1 N–H and O–H groups in total. The number of nitrogens with one attached hydrogen (secondary N) is 1. The van der Waals surface area contributed by atoms with Gasteiger partial charge < -0.3 is 9.73 Å². The fourth-order valence-electron chi connectivity index (χ4n) is 2.25. The zero-order chi connectivity index (χ0) is 11.2. The van der Waals surface area contributed by atoms with Gasteiger partial charge in [0, 0.05) is 18.9 Å². The largest absolute Gasteiger partial charge is 0.425 e. The Morgan fingerprint density at radius 1 is 1.25 bits per heavy atom. The van der Waals surface area contributed by atoms with Crippen LogP contribution in [0.2, 0.25) is 0 Å². The second-order valence-electron chi connectivity index (χ2n) is 4.47. The first-order valence-electron chi connectivity index (χ1n) is 6.43. The Morgan fingerprint density at radius 2 is 2.06 bits per heavy atom. The van der Waals surface area contributed by atoms with Gasteiger partial charge >= 0.3 is 0 Å². The monoisotopic (exact) mass is 223 g/mol. The van der Waals surface area contributed by atoms with Gasteiger partial charge in [0.15, 0.2) is 0 Å². The van der Waals surface area contributed by atoms with Crippen LogP contribution in [-0.4, -0.2) is 23.3 Å². The van der Waals surface area contributed by atoms with Crippen LogP contribution in [0.15, 0.2) is 4.42 Å². The third-order valence-corrected chi connectivity index (χ3v) is 3.20. The van der Waals surface area contributed by atoms with Gasteiger partial charge in [-0.25, -0.2) is 0 Å². The van der Waals surface area contributed by atoms with Crippen LogP contribution in [0, 0.1) is 0 Å². The summed E-state index contributed by atoms with van der Waals surface area (Å²) in [5.41, 5.74) is 0. The zero-order valence-corrected chi connectivity index (χ0v) is 10.0. The van der Waals surface area contributed by atoms with Crippen molar-refractivity contribution in [1.29, 1.82) is 0 Å². The lowest BCUT2D eigenvalue weighted by molar-refractivity contribution is 0.350. The van der Waals surface area contributed by atoms with Crippen LogP contribution in [0.5, 0.6) is 0 Å². The molecule has 1 heterocycles. The maximum atomic E-state index is 5.71. The fraction of sp³-hybridized carbons (Fsp3) is 0.833. The minimum absolute atomic E-state index is 0.522. The summed E-state index contributed by atoms with van der Waals surface area (Å²) in [5.74, 6) is 2.17. The molecular formula is C12H21N3O. The summed E-state index contributed by atoms with van der Waals surface area (Å²) in [5, 5.41) is 11.5. The second-order valence-corrected chi connectivity index (χ2v) is 4.47. The predicted octanol–water partition coefficient (Wildman–Crippen LogP) is 2.27. The molecule has 0 aromatic carbocycles. The smallest absolute Gasteiger partial charge is 0.219 e. The lowest BCUT2D eigenvalue weighted by atomic mass is 9.89. The van der Waals surface area contributed by atoms with Crippen molar-refractivity contribution >= 4 is 0 Å². The van der Waals surface area contributed by atoms with E-state index in [4.69, 9.17) is 4.42 Å². The SMILES string of the molecule is CCNCCc1nnc(C2CCCCC2)o1. The quantitative estimate of drug-likeness (QED) is 0.778. The molecular weight excluding hydrogens is 202 g/mol. The van der Waals surface area contributed by atoms with Crippen LogP contribution in [-0.2, 0) is 6.42 Å². The lowest BCUT2D eigenvalue weighted by Crippen LogP contribution is -2.16. The molecule has 1 aliphatic carbocycles. The third-order valence-electron chi connectivity index (χ3n) is 3.20. The Bertz CT molecular complexity index is 305. The van der Waals surface area contributed by atoms with Gasteiger partial charge in [-0.2, -0.15) is 0 Å². The molecule has 0 amide bonds. The van der Waals surface area contributed by atoms with Crippen LogP contribution in [0.4, 0.5) is 0 Å². The van der Waals surface area contributed by atoms with E-state index in [9.17, 15) is 0 Å². The Balaban J connectivity index is 1.85. The van der Waals surface area contributed by atoms with Crippen molar-refractivity contribution < 1.29 is 4.42 Å². The van der Waals surface area contributed by atoms with E-state index in [1.54, 1.807) is 0 Å². The highest BCUT2D eigenvalue weighted by Gasteiger charge is 2.20. The van der Waals surface area contributed by atoms with Gasteiger partial charge in [0.1, 0.15) is 0 Å². The molecule has 1 aliphatic rings. The van der Waals surface area contributed by atoms with Crippen molar-refractivity contribution in [2.75, 3.05) is 13.1 Å². The number of hydrogen-bond donors (Lipinski definition) is 1. The van der Waals surface area contributed by atoms with Gasteiger partial charge in [-0.05, 0) is 19.4 Å². The molecule has 1 fully saturated rings. The molecule has 1 saturated carbocycles. The molecule has 90 valence electrons. The lowest BCUT2D eigenvalue weighted by Gasteiger charge is -2.17. The van der Waals surface area contributed by atoms with E-state index in [0.29, 0.717) is 5.92 Å². The number of aromatic nitrogens is 2. The maximum Gasteiger partial charge on any atom is 0.219 e. The van der Waals surface area contributed by atoms with E-state index < -0.39 is 0 Å². The molecule has 16 heavy (non-hydrogen) atoms. The summed E-state index contributed by atoms with van der Waals surface area (Å²) in [4.78, 5) is 0. The summed E-state index contributed by atoms with van der Waals surface area (Å²) >= 11 is 0. The Hall–Kier alpha value is -0.900. The second kappa shape index (κ2) is 5.99. The summed E-state index contributed by atoms with van der Waals surface area (Å²) in [6, 6.07) is 0. The van der Waals surface area contributed by atoms with E-state index in [0.717, 1.165) is 31.3 Å². The van der Waals surface area contributed by atoms with Gasteiger partial charge in [-0.15, -0.1) is 10.2 Å². The van der Waals surface area contributed by atoms with Crippen LogP contribution < -0.4 is 5.32 Å². The van der Waals surface area contributed by atoms with Crippen molar-refractivity contribution in [2.45, 2.75) is 51.4 Å². The molecule has 0 bridgehead atoms. The summed E-state index contributed by atoms with van der Waals surface area (Å²) < 4.78 is 5.71. The first-order chi connectivity index (χ1) is 7.90. The average molecular weight is 223 g/mol. The average Bonchev–Trinajstić information content (AvgIpc) is 2.79. The molecule has 0 unspecified atom stereocenters. The molecule has 4 heteroatoms.